The number of benzene rings is 2. The van der Waals surface area contributed by atoms with Crippen LogP contribution in [0, 0.1) is 22.7 Å². The minimum atomic E-state index is 0.447. The molecular formula is C15H12N4. The molecule has 0 radical (unpaired) electrons. The molecule has 2 aromatic rings. The largest absolute Gasteiger partial charge is 0.398 e. The summed E-state index contributed by atoms with van der Waals surface area (Å²) in [6, 6.07) is 16.7. The molecule has 19 heavy (non-hydrogen) atoms. The van der Waals surface area contributed by atoms with E-state index in [2.05, 4.69) is 6.07 Å². The third kappa shape index (κ3) is 2.48. The molecule has 0 spiro atoms. The second kappa shape index (κ2) is 5.12. The Morgan fingerprint density at radius 3 is 2.37 bits per heavy atom. The average molecular weight is 248 g/mol. The Morgan fingerprint density at radius 1 is 1.00 bits per heavy atom. The number of anilines is 3. The molecule has 4 heteroatoms. The summed E-state index contributed by atoms with van der Waals surface area (Å²) in [5.41, 5.74) is 9.07. The van der Waals surface area contributed by atoms with Gasteiger partial charge in [0.25, 0.3) is 0 Å². The van der Waals surface area contributed by atoms with Gasteiger partial charge in [-0.1, -0.05) is 6.07 Å². The zero-order valence-electron chi connectivity index (χ0n) is 10.5. The Labute approximate surface area is 111 Å². The van der Waals surface area contributed by atoms with Crippen LogP contribution < -0.4 is 10.6 Å². The lowest BCUT2D eigenvalue weighted by molar-refractivity contribution is 1.21. The number of hydrogen-bond acceptors (Lipinski definition) is 4. The van der Waals surface area contributed by atoms with E-state index >= 15 is 0 Å². The highest BCUT2D eigenvalue weighted by Gasteiger charge is 2.07. The molecule has 0 aromatic heterocycles. The van der Waals surface area contributed by atoms with E-state index in [9.17, 15) is 0 Å². The number of nitrogen functional groups attached to an aromatic ring is 1. The molecule has 0 atom stereocenters. The summed E-state index contributed by atoms with van der Waals surface area (Å²) in [7, 11) is 1.89. The zero-order chi connectivity index (χ0) is 13.8. The van der Waals surface area contributed by atoms with Gasteiger partial charge in [0.15, 0.2) is 0 Å². The monoisotopic (exact) mass is 248 g/mol. The van der Waals surface area contributed by atoms with E-state index in [0.717, 1.165) is 11.4 Å². The molecule has 92 valence electrons. The number of nitriles is 2. The first-order valence-corrected chi connectivity index (χ1v) is 5.69. The maximum Gasteiger partial charge on any atom is 0.101 e. The van der Waals surface area contributed by atoms with Crippen molar-refractivity contribution in [3.8, 4) is 12.1 Å². The standard InChI is InChI=1S/C15H12N4/c1-19(13-4-2-3-11(7-13)9-16)14-6-5-12(10-17)15(18)8-14/h2-8H,18H2,1H3. The summed E-state index contributed by atoms with van der Waals surface area (Å²) in [4.78, 5) is 1.92. The summed E-state index contributed by atoms with van der Waals surface area (Å²) in [5.74, 6) is 0. The van der Waals surface area contributed by atoms with Gasteiger partial charge in [-0.05, 0) is 36.4 Å². The van der Waals surface area contributed by atoms with Crippen molar-refractivity contribution < 1.29 is 0 Å². The van der Waals surface area contributed by atoms with Gasteiger partial charge in [-0.15, -0.1) is 0 Å². The van der Waals surface area contributed by atoms with Gasteiger partial charge in [0.05, 0.1) is 22.9 Å². The maximum absolute atomic E-state index is 8.90. The number of nitrogens with two attached hydrogens (primary N) is 1. The summed E-state index contributed by atoms with van der Waals surface area (Å²) in [6.45, 7) is 0. The number of nitrogens with zero attached hydrogens (tertiary/aromatic N) is 3. The van der Waals surface area contributed by atoms with E-state index in [1.54, 1.807) is 24.3 Å². The fourth-order valence-electron chi connectivity index (χ4n) is 1.79. The van der Waals surface area contributed by atoms with Crippen LogP contribution in [0.2, 0.25) is 0 Å². The van der Waals surface area contributed by atoms with Crippen molar-refractivity contribution in [1.82, 2.24) is 0 Å². The molecule has 0 heterocycles. The first kappa shape index (κ1) is 12.5. The molecule has 2 aromatic carbocycles. The highest BCUT2D eigenvalue weighted by molar-refractivity contribution is 5.70. The molecule has 4 nitrogen and oxygen atoms in total. The first-order chi connectivity index (χ1) is 9.15. The molecule has 2 N–H and O–H groups in total. The highest BCUT2D eigenvalue weighted by atomic mass is 15.1. The van der Waals surface area contributed by atoms with E-state index in [1.165, 1.54) is 0 Å². The molecule has 0 aliphatic carbocycles. The van der Waals surface area contributed by atoms with Crippen LogP contribution in [0.5, 0.6) is 0 Å². The van der Waals surface area contributed by atoms with Gasteiger partial charge in [-0.2, -0.15) is 10.5 Å². The van der Waals surface area contributed by atoms with Crippen molar-refractivity contribution in [3.63, 3.8) is 0 Å². The molecule has 0 aliphatic rings. The van der Waals surface area contributed by atoms with E-state index in [1.807, 2.05) is 36.2 Å². The quantitative estimate of drug-likeness (QED) is 0.829. The lowest BCUT2D eigenvalue weighted by Crippen LogP contribution is -2.10. The maximum atomic E-state index is 8.90. The second-order valence-corrected chi connectivity index (χ2v) is 4.10. The third-order valence-corrected chi connectivity index (χ3v) is 2.91. The predicted molar refractivity (Wildman–Crippen MR) is 74.8 cm³/mol. The Morgan fingerprint density at radius 2 is 1.74 bits per heavy atom. The van der Waals surface area contributed by atoms with Crippen LogP contribution in [0.3, 0.4) is 0 Å². The Balaban J connectivity index is 2.39. The topological polar surface area (TPSA) is 76.8 Å². The van der Waals surface area contributed by atoms with Gasteiger partial charge in [0.2, 0.25) is 0 Å². The van der Waals surface area contributed by atoms with Gasteiger partial charge >= 0.3 is 0 Å². The van der Waals surface area contributed by atoms with E-state index in [4.69, 9.17) is 16.3 Å². The van der Waals surface area contributed by atoms with Crippen LogP contribution in [-0.4, -0.2) is 7.05 Å². The Hall–Kier alpha value is -2.98. The minimum Gasteiger partial charge on any atom is -0.398 e. The lowest BCUT2D eigenvalue weighted by atomic mass is 10.1. The minimum absolute atomic E-state index is 0.447. The van der Waals surface area contributed by atoms with Crippen molar-refractivity contribution >= 4 is 17.1 Å². The molecule has 0 amide bonds. The lowest BCUT2D eigenvalue weighted by Gasteiger charge is -2.20. The van der Waals surface area contributed by atoms with Crippen molar-refractivity contribution in [2.24, 2.45) is 0 Å². The fourth-order valence-corrected chi connectivity index (χ4v) is 1.79. The molecule has 0 bridgehead atoms. The van der Waals surface area contributed by atoms with Crippen LogP contribution in [0.15, 0.2) is 42.5 Å². The Bertz CT molecular complexity index is 692. The molecule has 2 rings (SSSR count). The normalized spacial score (nSPS) is 9.42. The van der Waals surface area contributed by atoms with Crippen LogP contribution >= 0.6 is 0 Å². The first-order valence-electron chi connectivity index (χ1n) is 5.69. The van der Waals surface area contributed by atoms with Crippen molar-refractivity contribution in [1.29, 1.82) is 10.5 Å². The van der Waals surface area contributed by atoms with Gasteiger partial charge in [0.1, 0.15) is 6.07 Å². The van der Waals surface area contributed by atoms with Crippen LogP contribution in [0.1, 0.15) is 11.1 Å². The molecule has 0 saturated carbocycles. The van der Waals surface area contributed by atoms with Gasteiger partial charge in [-0.25, -0.2) is 0 Å². The SMILES string of the molecule is CN(c1cccc(C#N)c1)c1ccc(C#N)c(N)c1. The van der Waals surface area contributed by atoms with Gasteiger partial charge in [0, 0.05) is 18.4 Å². The molecule has 0 unspecified atom stereocenters. The molecule has 0 saturated heterocycles. The summed E-state index contributed by atoms with van der Waals surface area (Å²) >= 11 is 0. The molecular weight excluding hydrogens is 236 g/mol. The predicted octanol–water partition coefficient (Wildman–Crippen LogP) is 2.78. The third-order valence-electron chi connectivity index (χ3n) is 2.91. The summed E-state index contributed by atoms with van der Waals surface area (Å²) in [5, 5.41) is 17.8. The van der Waals surface area contributed by atoms with Crippen LogP contribution in [0.4, 0.5) is 17.1 Å². The van der Waals surface area contributed by atoms with Crippen LogP contribution in [-0.2, 0) is 0 Å². The summed E-state index contributed by atoms with van der Waals surface area (Å²) in [6.07, 6.45) is 0. The van der Waals surface area contributed by atoms with E-state index < -0.39 is 0 Å². The number of rotatable bonds is 2. The van der Waals surface area contributed by atoms with E-state index in [0.29, 0.717) is 16.8 Å². The number of hydrogen-bond donors (Lipinski definition) is 1. The van der Waals surface area contributed by atoms with Crippen molar-refractivity contribution in [2.75, 3.05) is 17.7 Å². The average Bonchev–Trinajstić information content (AvgIpc) is 2.46. The summed E-state index contributed by atoms with van der Waals surface area (Å²) < 4.78 is 0. The second-order valence-electron chi connectivity index (χ2n) is 4.10. The Kier molecular flexibility index (Phi) is 3.36. The van der Waals surface area contributed by atoms with Gasteiger partial charge < -0.3 is 10.6 Å². The van der Waals surface area contributed by atoms with Gasteiger partial charge in [-0.3, -0.25) is 0 Å². The highest BCUT2D eigenvalue weighted by Crippen LogP contribution is 2.27. The molecule has 0 fully saturated rings. The van der Waals surface area contributed by atoms with Crippen molar-refractivity contribution in [2.45, 2.75) is 0 Å². The smallest absolute Gasteiger partial charge is 0.101 e. The van der Waals surface area contributed by atoms with Crippen molar-refractivity contribution in [3.05, 3.63) is 53.6 Å². The van der Waals surface area contributed by atoms with Crippen LogP contribution in [0.25, 0.3) is 0 Å². The van der Waals surface area contributed by atoms with E-state index in [-0.39, 0.29) is 0 Å². The zero-order valence-corrected chi connectivity index (χ0v) is 10.5. The molecule has 0 aliphatic heterocycles. The fraction of sp³-hybridized carbons (Fsp3) is 0.0667.